The summed E-state index contributed by atoms with van der Waals surface area (Å²) in [7, 11) is -6.44. The van der Waals surface area contributed by atoms with Gasteiger partial charge in [-0.1, -0.05) is 35.3 Å². The number of nitrogens with one attached hydrogen (secondary N) is 2. The van der Waals surface area contributed by atoms with Gasteiger partial charge >= 0.3 is 6.18 Å². The van der Waals surface area contributed by atoms with E-state index in [1.165, 1.54) is 24.3 Å². The van der Waals surface area contributed by atoms with E-state index in [4.69, 9.17) is 23.2 Å². The number of carbonyl (C=O) groups excluding carboxylic acids is 1. The van der Waals surface area contributed by atoms with E-state index in [9.17, 15) is 35.8 Å². The number of amides is 1. The second-order valence-corrected chi connectivity index (χ2v) is 13.7. The number of nitrogens with zero attached hydrogens (tertiary/aromatic N) is 1. The number of rotatable bonds is 10. The fourth-order valence-corrected chi connectivity index (χ4v) is 7.29. The first-order chi connectivity index (χ1) is 19.7. The highest BCUT2D eigenvalue weighted by Gasteiger charge is 2.34. The Labute approximate surface area is 253 Å². The minimum Gasteiger partial charge on any atom is -0.633 e. The van der Waals surface area contributed by atoms with Gasteiger partial charge in [-0.2, -0.15) is 13.2 Å². The lowest BCUT2D eigenvalue weighted by Gasteiger charge is -2.38. The van der Waals surface area contributed by atoms with E-state index < -0.39 is 48.4 Å². The minimum absolute atomic E-state index is 0.0258. The van der Waals surface area contributed by atoms with Crippen LogP contribution in [0.4, 0.5) is 18.9 Å². The predicted molar refractivity (Wildman–Crippen MR) is 155 cm³/mol. The number of hydroxylamine groups is 3. The Bertz CT molecular complexity index is 1610. The fourth-order valence-electron chi connectivity index (χ4n) is 4.52. The Balaban J connectivity index is 1.50. The molecule has 0 saturated carbocycles. The average Bonchev–Trinajstić information content (AvgIpc) is 3.34. The van der Waals surface area contributed by atoms with Gasteiger partial charge in [0.15, 0.2) is 0 Å². The summed E-state index contributed by atoms with van der Waals surface area (Å²) in [6.07, 6.45) is -3.15. The molecule has 42 heavy (non-hydrogen) atoms. The van der Waals surface area contributed by atoms with Gasteiger partial charge in [0.25, 0.3) is 15.9 Å². The van der Waals surface area contributed by atoms with Crippen molar-refractivity contribution in [3.63, 3.8) is 0 Å². The minimum atomic E-state index is -4.88. The second-order valence-electron chi connectivity index (χ2n) is 9.77. The topological polar surface area (TPSA) is 115 Å². The summed E-state index contributed by atoms with van der Waals surface area (Å²) in [5.74, 6) is -0.508. The predicted octanol–water partition coefficient (Wildman–Crippen LogP) is 5.96. The van der Waals surface area contributed by atoms with E-state index in [-0.39, 0.29) is 39.1 Å². The molecule has 226 valence electrons. The van der Waals surface area contributed by atoms with Crippen molar-refractivity contribution in [2.75, 3.05) is 30.9 Å². The maximum Gasteiger partial charge on any atom is 0.417 e. The highest BCUT2D eigenvalue weighted by molar-refractivity contribution is 7.92. The Morgan fingerprint density at radius 1 is 1.02 bits per heavy atom. The zero-order valence-electron chi connectivity index (χ0n) is 21.9. The monoisotopic (exact) mass is 663 g/mol. The molecule has 1 atom stereocenters. The van der Waals surface area contributed by atoms with Crippen molar-refractivity contribution in [3.8, 4) is 0 Å². The zero-order chi connectivity index (χ0) is 30.7. The molecule has 1 aliphatic rings. The molecule has 15 heteroatoms. The van der Waals surface area contributed by atoms with Crippen LogP contribution < -0.4 is 10.0 Å². The van der Waals surface area contributed by atoms with Crippen molar-refractivity contribution in [1.29, 1.82) is 0 Å². The lowest BCUT2D eigenvalue weighted by Crippen LogP contribution is -2.44. The van der Waals surface area contributed by atoms with Crippen molar-refractivity contribution in [2.24, 2.45) is 0 Å². The van der Waals surface area contributed by atoms with E-state index in [0.29, 0.717) is 30.3 Å². The molecular formula is C27H26Cl2F3N3O5S2. The molecule has 2 N–H and O–H groups in total. The van der Waals surface area contributed by atoms with E-state index in [1.54, 1.807) is 18.2 Å². The summed E-state index contributed by atoms with van der Waals surface area (Å²) < 4.78 is 81.1. The fraction of sp³-hybridized carbons (Fsp3) is 0.296. The summed E-state index contributed by atoms with van der Waals surface area (Å²) in [5.41, 5.74) is -0.710. The Morgan fingerprint density at radius 3 is 2.43 bits per heavy atom. The van der Waals surface area contributed by atoms with Crippen molar-refractivity contribution in [3.05, 3.63) is 92.6 Å². The number of likely N-dealkylation sites (tertiary alicyclic amines) is 1. The van der Waals surface area contributed by atoms with E-state index in [0.717, 1.165) is 25.0 Å². The first-order valence-electron chi connectivity index (χ1n) is 12.7. The van der Waals surface area contributed by atoms with Crippen molar-refractivity contribution in [1.82, 2.24) is 5.32 Å². The van der Waals surface area contributed by atoms with Crippen molar-refractivity contribution < 1.29 is 35.2 Å². The number of sulfonamides is 1. The number of halogens is 5. The number of quaternary nitrogens is 1. The molecule has 3 aromatic carbocycles. The third-order valence-electron chi connectivity index (χ3n) is 6.66. The average molecular weight is 665 g/mol. The van der Waals surface area contributed by atoms with Crippen LogP contribution in [-0.4, -0.2) is 49.4 Å². The van der Waals surface area contributed by atoms with Gasteiger partial charge in [-0.05, 0) is 54.1 Å². The molecule has 1 unspecified atom stereocenters. The van der Waals surface area contributed by atoms with Gasteiger partial charge < -0.3 is 15.2 Å². The maximum atomic E-state index is 13.4. The largest absolute Gasteiger partial charge is 0.633 e. The van der Waals surface area contributed by atoms with Gasteiger partial charge in [0.05, 0.1) is 68.8 Å². The molecule has 0 radical (unpaired) electrons. The van der Waals surface area contributed by atoms with Crippen LogP contribution in [0.25, 0.3) is 0 Å². The summed E-state index contributed by atoms with van der Waals surface area (Å²) in [6, 6.07) is 12.4. The first-order valence-corrected chi connectivity index (χ1v) is 16.2. The third kappa shape index (κ3) is 8.03. The number of carbonyl (C=O) groups is 1. The first kappa shape index (κ1) is 32.2. The lowest BCUT2D eigenvalue weighted by atomic mass is 10.1. The number of hydrogen-bond acceptors (Lipinski definition) is 5. The maximum absolute atomic E-state index is 13.4. The zero-order valence-corrected chi connectivity index (χ0v) is 25.1. The molecule has 0 spiro atoms. The lowest BCUT2D eigenvalue weighted by molar-refractivity contribution is -0.866. The van der Waals surface area contributed by atoms with E-state index in [1.807, 2.05) is 0 Å². The highest BCUT2D eigenvalue weighted by Crippen LogP contribution is 2.36. The van der Waals surface area contributed by atoms with E-state index in [2.05, 4.69) is 10.0 Å². The smallest absolute Gasteiger partial charge is 0.417 e. The van der Waals surface area contributed by atoms with Crippen LogP contribution in [0, 0.1) is 5.21 Å². The molecule has 1 fully saturated rings. The van der Waals surface area contributed by atoms with Crippen LogP contribution in [-0.2, 0) is 32.8 Å². The highest BCUT2D eigenvalue weighted by atomic mass is 35.5. The quantitative estimate of drug-likeness (QED) is 0.205. The second kappa shape index (κ2) is 12.9. The van der Waals surface area contributed by atoms with Crippen LogP contribution in [0.3, 0.4) is 0 Å². The number of anilines is 1. The molecule has 1 amide bonds. The Hall–Kier alpha value is -2.68. The summed E-state index contributed by atoms with van der Waals surface area (Å²) >= 11 is 11.7. The molecule has 1 saturated heterocycles. The van der Waals surface area contributed by atoms with Crippen LogP contribution in [0.1, 0.15) is 34.3 Å². The molecule has 4 rings (SSSR count). The SMILES string of the molecule is O=C(NCC[N+]1([O-])CCCC1)c1cccc(CS(=O)c2ccc(Cl)cc2NS(=O)(=O)c2ccc(Cl)c(C(F)(F)F)c2)c1. The van der Waals surface area contributed by atoms with Gasteiger partial charge in [0, 0.05) is 23.4 Å². The van der Waals surface area contributed by atoms with E-state index >= 15 is 0 Å². The standard InChI is InChI=1S/C27H26Cl2F3N3O5S2/c28-20-6-9-25(24(15-20)34-42(39,40)21-7-8-23(29)22(16-21)27(30,31)32)41(38)17-18-4-3-5-19(14-18)26(36)33-10-13-35(37)11-1-2-12-35/h3-9,14-16,34H,1-2,10-13,17H2,(H,33,36). The van der Waals surface area contributed by atoms with Crippen molar-refractivity contribution in [2.45, 2.75) is 34.6 Å². The summed E-state index contributed by atoms with van der Waals surface area (Å²) in [6.45, 7) is 1.56. The van der Waals surface area contributed by atoms with Crippen molar-refractivity contribution >= 4 is 55.6 Å². The normalized spacial score (nSPS) is 15.8. The molecule has 8 nitrogen and oxygen atoms in total. The van der Waals surface area contributed by atoms with Gasteiger partial charge in [0.2, 0.25) is 0 Å². The molecule has 1 heterocycles. The molecule has 0 aromatic heterocycles. The van der Waals surface area contributed by atoms with Crippen LogP contribution in [0.5, 0.6) is 0 Å². The number of hydrogen-bond donors (Lipinski definition) is 2. The number of benzene rings is 3. The molecule has 1 aliphatic heterocycles. The van der Waals surface area contributed by atoms with Gasteiger partial charge in [-0.15, -0.1) is 0 Å². The van der Waals surface area contributed by atoms with Crippen LogP contribution in [0.2, 0.25) is 10.0 Å². The summed E-state index contributed by atoms with van der Waals surface area (Å²) in [5, 5.41) is 14.6. The van der Waals surface area contributed by atoms with Crippen LogP contribution in [0.15, 0.2) is 70.5 Å². The molecule has 0 aliphatic carbocycles. The summed E-state index contributed by atoms with van der Waals surface area (Å²) in [4.78, 5) is 12.0. The number of alkyl halides is 3. The molecule has 3 aromatic rings. The Kier molecular flexibility index (Phi) is 9.90. The Morgan fingerprint density at radius 2 is 1.74 bits per heavy atom. The van der Waals surface area contributed by atoms with Gasteiger partial charge in [-0.25, -0.2) is 8.42 Å². The van der Waals surface area contributed by atoms with Crippen LogP contribution >= 0.6 is 23.2 Å². The molecular weight excluding hydrogens is 638 g/mol. The van der Waals surface area contributed by atoms with Gasteiger partial charge in [-0.3, -0.25) is 13.7 Å². The molecule has 0 bridgehead atoms. The van der Waals surface area contributed by atoms with Gasteiger partial charge in [0.1, 0.15) is 0 Å². The third-order valence-corrected chi connectivity index (χ3v) is 10.0.